The van der Waals surface area contributed by atoms with E-state index < -0.39 is 22.2 Å². The van der Waals surface area contributed by atoms with Crippen molar-refractivity contribution in [2.75, 3.05) is 13.5 Å². The molecule has 0 aromatic rings. The SMILES string of the molecule is CC(C)(N)N(CO[PH](=O)O)CO[PH](=O)O. The minimum atomic E-state index is -3.06. The molecule has 2 atom stereocenters. The standard InChI is InChI=1S/C5H16N2O6P2/c1-5(2,6)7(3-12-14(8)9)4-13-15(10)11/h14-15H,3-4,6H2,1-2H3,(H,8,9)(H,10,11). The highest BCUT2D eigenvalue weighted by molar-refractivity contribution is 7.32. The predicted octanol–water partition coefficient (Wildman–Crippen LogP) is -0.305. The molecule has 0 amide bonds. The summed E-state index contributed by atoms with van der Waals surface area (Å²) in [6.07, 6.45) is 0. The van der Waals surface area contributed by atoms with Gasteiger partial charge >= 0.3 is 16.5 Å². The summed E-state index contributed by atoms with van der Waals surface area (Å²) < 4.78 is 29.6. The van der Waals surface area contributed by atoms with Gasteiger partial charge in [0.05, 0.1) is 5.66 Å². The molecule has 2 unspecified atom stereocenters. The molecule has 0 aliphatic rings. The van der Waals surface area contributed by atoms with Crippen LogP contribution in [0.1, 0.15) is 13.8 Å². The Hall–Kier alpha value is 0.220. The molecule has 0 bridgehead atoms. The lowest BCUT2D eigenvalue weighted by Crippen LogP contribution is -2.52. The second kappa shape index (κ2) is 6.73. The van der Waals surface area contributed by atoms with Crippen LogP contribution < -0.4 is 5.73 Å². The van der Waals surface area contributed by atoms with E-state index in [0.29, 0.717) is 0 Å². The molecule has 0 aromatic carbocycles. The van der Waals surface area contributed by atoms with Crippen molar-refractivity contribution < 1.29 is 28.0 Å². The molecule has 0 radical (unpaired) electrons. The van der Waals surface area contributed by atoms with Crippen LogP contribution in [0.3, 0.4) is 0 Å². The lowest BCUT2D eigenvalue weighted by Gasteiger charge is -2.33. The fourth-order valence-corrected chi connectivity index (χ4v) is 1.17. The van der Waals surface area contributed by atoms with Crippen molar-refractivity contribution in [1.82, 2.24) is 4.90 Å². The van der Waals surface area contributed by atoms with E-state index in [1.165, 1.54) is 4.90 Å². The summed E-state index contributed by atoms with van der Waals surface area (Å²) in [7, 11) is -6.12. The maximum atomic E-state index is 10.3. The minimum Gasteiger partial charge on any atom is -0.326 e. The van der Waals surface area contributed by atoms with Crippen molar-refractivity contribution in [2.45, 2.75) is 19.5 Å². The Morgan fingerprint density at radius 3 is 1.73 bits per heavy atom. The Kier molecular flexibility index (Phi) is 6.83. The Balaban J connectivity index is 4.19. The lowest BCUT2D eigenvalue weighted by atomic mass is 10.2. The van der Waals surface area contributed by atoms with Crippen LogP contribution in [-0.4, -0.2) is 33.8 Å². The Bertz CT molecular complexity index is 224. The summed E-state index contributed by atoms with van der Waals surface area (Å²) in [6.45, 7) is 2.69. The first-order valence-corrected chi connectivity index (χ1v) is 6.51. The molecule has 0 aromatic heterocycles. The van der Waals surface area contributed by atoms with E-state index in [4.69, 9.17) is 15.5 Å². The van der Waals surface area contributed by atoms with Crippen LogP contribution in [0.4, 0.5) is 0 Å². The Morgan fingerprint density at radius 1 is 1.20 bits per heavy atom. The molecule has 0 aliphatic carbocycles. The van der Waals surface area contributed by atoms with Crippen LogP contribution >= 0.6 is 16.5 Å². The van der Waals surface area contributed by atoms with E-state index in [2.05, 4.69) is 9.05 Å². The van der Waals surface area contributed by atoms with E-state index in [-0.39, 0.29) is 13.5 Å². The number of rotatable bonds is 7. The van der Waals surface area contributed by atoms with Gasteiger partial charge in [-0.15, -0.1) is 0 Å². The normalized spacial score (nSPS) is 16.7. The minimum absolute atomic E-state index is 0.257. The molecule has 0 saturated carbocycles. The fourth-order valence-electron chi connectivity index (χ4n) is 0.636. The third kappa shape index (κ3) is 8.07. The molecule has 10 heteroatoms. The van der Waals surface area contributed by atoms with E-state index >= 15 is 0 Å². The summed E-state index contributed by atoms with van der Waals surface area (Å²) >= 11 is 0. The largest absolute Gasteiger partial charge is 0.326 e. The van der Waals surface area contributed by atoms with Gasteiger partial charge in [0.2, 0.25) is 0 Å². The quantitative estimate of drug-likeness (QED) is 0.422. The molecular weight excluding hydrogens is 246 g/mol. The topological polar surface area (TPSA) is 122 Å². The number of hydrogen-bond acceptors (Lipinski definition) is 6. The van der Waals surface area contributed by atoms with Gasteiger partial charge in [-0.3, -0.25) is 18.2 Å². The Morgan fingerprint density at radius 2 is 1.53 bits per heavy atom. The highest BCUT2D eigenvalue weighted by Gasteiger charge is 2.22. The molecule has 0 saturated heterocycles. The van der Waals surface area contributed by atoms with Crippen molar-refractivity contribution in [3.8, 4) is 0 Å². The van der Waals surface area contributed by atoms with Crippen molar-refractivity contribution in [3.05, 3.63) is 0 Å². The van der Waals surface area contributed by atoms with Crippen LogP contribution in [0, 0.1) is 0 Å². The molecular formula is C5H16N2O6P2. The van der Waals surface area contributed by atoms with Gasteiger partial charge in [0.1, 0.15) is 13.5 Å². The third-order valence-corrected chi connectivity index (χ3v) is 2.25. The first-order valence-electron chi connectivity index (χ1n) is 3.99. The van der Waals surface area contributed by atoms with Crippen LogP contribution in [0.15, 0.2) is 0 Å². The second-order valence-corrected chi connectivity index (χ2v) is 4.91. The summed E-state index contributed by atoms with van der Waals surface area (Å²) in [6, 6.07) is 0. The fraction of sp³-hybridized carbons (Fsp3) is 1.00. The van der Waals surface area contributed by atoms with E-state index in [9.17, 15) is 9.13 Å². The zero-order valence-electron chi connectivity index (χ0n) is 8.47. The molecule has 8 nitrogen and oxygen atoms in total. The predicted molar refractivity (Wildman–Crippen MR) is 54.5 cm³/mol. The van der Waals surface area contributed by atoms with Gasteiger partial charge in [-0.1, -0.05) is 0 Å². The molecule has 15 heavy (non-hydrogen) atoms. The van der Waals surface area contributed by atoms with Crippen LogP contribution in [-0.2, 0) is 18.2 Å². The van der Waals surface area contributed by atoms with E-state index in [1.807, 2.05) is 0 Å². The first-order chi connectivity index (χ1) is 6.73. The third-order valence-electron chi connectivity index (χ3n) is 1.50. The molecule has 4 N–H and O–H groups in total. The molecule has 0 spiro atoms. The zero-order chi connectivity index (χ0) is 12.1. The second-order valence-electron chi connectivity index (χ2n) is 3.27. The summed E-state index contributed by atoms with van der Waals surface area (Å²) in [5.41, 5.74) is 4.78. The van der Waals surface area contributed by atoms with Crippen LogP contribution in [0.5, 0.6) is 0 Å². The van der Waals surface area contributed by atoms with Gasteiger partial charge in [0.25, 0.3) is 0 Å². The van der Waals surface area contributed by atoms with E-state index in [1.54, 1.807) is 13.8 Å². The number of nitrogens with two attached hydrogens (primary N) is 1. The van der Waals surface area contributed by atoms with Gasteiger partial charge in [-0.25, -0.2) is 4.90 Å². The summed E-state index contributed by atoms with van der Waals surface area (Å²) in [4.78, 5) is 18.2. The maximum absolute atomic E-state index is 10.3. The van der Waals surface area contributed by atoms with Crippen molar-refractivity contribution in [2.24, 2.45) is 5.73 Å². The summed E-state index contributed by atoms with van der Waals surface area (Å²) in [5, 5.41) is 0. The molecule has 0 aliphatic heterocycles. The van der Waals surface area contributed by atoms with E-state index in [0.717, 1.165) is 0 Å². The molecule has 0 rings (SSSR count). The van der Waals surface area contributed by atoms with Crippen molar-refractivity contribution in [3.63, 3.8) is 0 Å². The lowest BCUT2D eigenvalue weighted by molar-refractivity contribution is -0.0171. The van der Waals surface area contributed by atoms with Gasteiger partial charge in [0.15, 0.2) is 0 Å². The summed E-state index contributed by atoms with van der Waals surface area (Å²) in [5.74, 6) is 0. The van der Waals surface area contributed by atoms with Gasteiger partial charge in [-0.05, 0) is 13.8 Å². The smallest absolute Gasteiger partial charge is 0.317 e. The molecule has 0 fully saturated rings. The van der Waals surface area contributed by atoms with Gasteiger partial charge < -0.3 is 15.5 Å². The van der Waals surface area contributed by atoms with Crippen LogP contribution in [0.25, 0.3) is 0 Å². The van der Waals surface area contributed by atoms with Crippen LogP contribution in [0.2, 0.25) is 0 Å². The average Bonchev–Trinajstić information content (AvgIpc) is 2.00. The Labute approximate surface area is 88.9 Å². The van der Waals surface area contributed by atoms with Crippen molar-refractivity contribution >= 4 is 16.5 Å². The molecule has 92 valence electrons. The zero-order valence-corrected chi connectivity index (χ0v) is 10.5. The highest BCUT2D eigenvalue weighted by atomic mass is 31.1. The molecule has 0 heterocycles. The maximum Gasteiger partial charge on any atom is 0.317 e. The average molecular weight is 262 g/mol. The first kappa shape index (κ1) is 15.2. The van der Waals surface area contributed by atoms with Gasteiger partial charge in [-0.2, -0.15) is 0 Å². The monoisotopic (exact) mass is 262 g/mol. The highest BCUT2D eigenvalue weighted by Crippen LogP contribution is 2.20. The van der Waals surface area contributed by atoms with Gasteiger partial charge in [0, 0.05) is 0 Å². The number of hydrogen-bond donors (Lipinski definition) is 3. The number of nitrogens with zero attached hydrogens (tertiary/aromatic N) is 1. The van der Waals surface area contributed by atoms with Crippen molar-refractivity contribution in [1.29, 1.82) is 0 Å².